The van der Waals surface area contributed by atoms with Crippen LogP contribution in [0.15, 0.2) is 36.4 Å². The Morgan fingerprint density at radius 2 is 0.753 bits per heavy atom. The zero-order valence-electron chi connectivity index (χ0n) is 55.9. The quantitative estimate of drug-likeness (QED) is 0.0260. The van der Waals surface area contributed by atoms with Gasteiger partial charge in [-0.1, -0.05) is 98.6 Å². The largest absolute Gasteiger partial charge is 0.490 e. The number of amides is 2. The SMILES string of the molecule is CCCCOCCOCCOc1cc(C)sc1-c1sc(-c2ccc(-c3cc(OCCOCCOCCCC)c(-c4sc(-c5sc(C)c6c5C(=O)N(CC(CC)CCCC)C6=O)cc4OCCOCCOCCCC)s3)c3nsnc23)cc1OCCOCCOCCCC. The monoisotopic (exact) mass is 1400 g/mol. The molecule has 512 valence electrons. The van der Waals surface area contributed by atoms with Gasteiger partial charge in [-0.15, -0.1) is 56.7 Å². The van der Waals surface area contributed by atoms with Crippen LogP contribution in [-0.4, -0.2) is 164 Å². The average Bonchev–Trinajstić information content (AvgIpc) is 1.59. The van der Waals surface area contributed by atoms with Crippen molar-refractivity contribution in [2.75, 3.05) is 139 Å². The minimum atomic E-state index is -0.234. The van der Waals surface area contributed by atoms with Gasteiger partial charge in [-0.05, 0) is 70.1 Å². The van der Waals surface area contributed by atoms with Gasteiger partial charge in [0, 0.05) is 74.6 Å². The number of nitrogens with zero attached hydrogens (tertiary/aromatic N) is 3. The molecule has 0 fully saturated rings. The van der Waals surface area contributed by atoms with Gasteiger partial charge in [0.1, 0.15) is 60.5 Å². The first-order valence-corrected chi connectivity index (χ1v) is 38.4. The van der Waals surface area contributed by atoms with E-state index in [0.717, 1.165) is 173 Å². The fraction of sp³-hybridized carbons (Fsp3) is 0.600. The van der Waals surface area contributed by atoms with E-state index in [0.29, 0.717) is 135 Å². The van der Waals surface area contributed by atoms with Gasteiger partial charge < -0.3 is 56.8 Å². The molecular weight excluding hydrogens is 1300 g/mol. The second kappa shape index (κ2) is 41.0. The first-order chi connectivity index (χ1) is 45.6. The summed E-state index contributed by atoms with van der Waals surface area (Å²) in [6.45, 7) is 27.0. The van der Waals surface area contributed by atoms with E-state index in [1.54, 1.807) is 34.0 Å². The molecule has 1 aromatic carbocycles. The second-order valence-electron chi connectivity index (χ2n) is 22.7. The van der Waals surface area contributed by atoms with Gasteiger partial charge in [0.2, 0.25) is 0 Å². The lowest BCUT2D eigenvalue weighted by Gasteiger charge is -2.21. The summed E-state index contributed by atoms with van der Waals surface area (Å²) in [5.41, 5.74) is 4.29. The molecule has 8 rings (SSSR count). The van der Waals surface area contributed by atoms with E-state index in [9.17, 15) is 9.59 Å². The number of rotatable bonds is 51. The molecule has 1 unspecified atom stereocenters. The molecular formula is C70H97N3O14S6. The van der Waals surface area contributed by atoms with Crippen molar-refractivity contribution in [1.29, 1.82) is 0 Å². The summed E-state index contributed by atoms with van der Waals surface area (Å²) in [6, 6.07) is 12.5. The van der Waals surface area contributed by atoms with Crippen molar-refractivity contribution in [2.45, 2.75) is 132 Å². The van der Waals surface area contributed by atoms with Crippen LogP contribution in [0.5, 0.6) is 23.0 Å². The first-order valence-electron chi connectivity index (χ1n) is 33.6. The minimum Gasteiger partial charge on any atom is -0.490 e. The Hall–Kier alpha value is -4.44. The smallest absolute Gasteiger partial charge is 0.263 e. The molecule has 0 saturated carbocycles. The molecule has 17 nitrogen and oxygen atoms in total. The Bertz CT molecular complexity index is 3330. The van der Waals surface area contributed by atoms with Crippen molar-refractivity contribution in [3.05, 3.63) is 57.3 Å². The molecule has 1 aliphatic heterocycles. The van der Waals surface area contributed by atoms with E-state index in [1.807, 2.05) is 13.0 Å². The molecule has 0 aliphatic carbocycles. The fourth-order valence-corrected chi connectivity index (χ4v) is 16.7. The molecule has 0 bridgehead atoms. The van der Waals surface area contributed by atoms with Crippen LogP contribution in [0.4, 0.5) is 0 Å². The van der Waals surface area contributed by atoms with Crippen LogP contribution in [-0.2, 0) is 37.9 Å². The van der Waals surface area contributed by atoms with Gasteiger partial charge in [-0.3, -0.25) is 14.5 Å². The van der Waals surface area contributed by atoms with Gasteiger partial charge in [0.15, 0.2) is 0 Å². The van der Waals surface area contributed by atoms with Gasteiger partial charge in [0.05, 0.1) is 127 Å². The lowest BCUT2D eigenvalue weighted by Crippen LogP contribution is -2.34. The maximum atomic E-state index is 14.6. The summed E-state index contributed by atoms with van der Waals surface area (Å²) in [6.07, 6.45) is 12.4. The lowest BCUT2D eigenvalue weighted by molar-refractivity contribution is 0.0355. The normalized spacial score (nSPS) is 12.8. The third-order valence-corrected chi connectivity index (χ3v) is 22.1. The van der Waals surface area contributed by atoms with E-state index < -0.39 is 0 Å². The van der Waals surface area contributed by atoms with Crippen molar-refractivity contribution in [3.8, 4) is 73.1 Å². The van der Waals surface area contributed by atoms with E-state index in [-0.39, 0.29) is 30.9 Å². The zero-order valence-corrected chi connectivity index (χ0v) is 60.8. The molecule has 2 amide bonds. The summed E-state index contributed by atoms with van der Waals surface area (Å²) >= 11 is 9.05. The third kappa shape index (κ3) is 21.5. The number of carbonyl (C=O) groups is 2. The van der Waals surface area contributed by atoms with E-state index in [4.69, 9.17) is 65.6 Å². The summed E-state index contributed by atoms with van der Waals surface area (Å²) < 4.78 is 83.4. The third-order valence-electron chi connectivity index (χ3n) is 15.5. The number of aromatic nitrogens is 2. The maximum Gasteiger partial charge on any atom is 0.263 e. The number of hydrogen-bond donors (Lipinski definition) is 0. The van der Waals surface area contributed by atoms with Crippen molar-refractivity contribution in [2.24, 2.45) is 5.92 Å². The van der Waals surface area contributed by atoms with Crippen LogP contribution in [0.2, 0.25) is 0 Å². The molecule has 7 heterocycles. The summed E-state index contributed by atoms with van der Waals surface area (Å²) in [4.78, 5) is 39.3. The Balaban J connectivity index is 1.13. The average molecular weight is 1400 g/mol. The summed E-state index contributed by atoms with van der Waals surface area (Å²) in [7, 11) is 0. The Morgan fingerprint density at radius 3 is 1.16 bits per heavy atom. The van der Waals surface area contributed by atoms with Crippen LogP contribution >= 0.6 is 68.4 Å². The molecule has 0 spiro atoms. The van der Waals surface area contributed by atoms with E-state index in [1.165, 1.54) is 39.3 Å². The zero-order chi connectivity index (χ0) is 65.6. The molecule has 0 N–H and O–H groups in total. The highest BCUT2D eigenvalue weighted by molar-refractivity contribution is 7.28. The fourth-order valence-electron chi connectivity index (χ4n) is 10.3. The number of ether oxygens (including phenoxy) is 12. The van der Waals surface area contributed by atoms with Crippen molar-refractivity contribution in [3.63, 3.8) is 0 Å². The van der Waals surface area contributed by atoms with Crippen molar-refractivity contribution in [1.82, 2.24) is 13.6 Å². The van der Waals surface area contributed by atoms with Gasteiger partial charge in [-0.2, -0.15) is 8.75 Å². The molecule has 0 saturated heterocycles. The number of hydrogen-bond acceptors (Lipinski definition) is 22. The first kappa shape index (κ1) is 74.4. The van der Waals surface area contributed by atoms with Crippen LogP contribution in [0.3, 0.4) is 0 Å². The highest BCUT2D eigenvalue weighted by atomic mass is 32.1. The second-order valence-corrected chi connectivity index (χ2v) is 28.8. The molecule has 1 atom stereocenters. The number of thiophene rings is 5. The Kier molecular flexibility index (Phi) is 32.7. The molecule has 7 aromatic rings. The van der Waals surface area contributed by atoms with Crippen molar-refractivity contribution < 1.29 is 66.4 Å². The van der Waals surface area contributed by atoms with Crippen LogP contribution in [0.25, 0.3) is 61.2 Å². The Morgan fingerprint density at radius 1 is 0.398 bits per heavy atom. The predicted molar refractivity (Wildman–Crippen MR) is 380 cm³/mol. The molecule has 1 aliphatic rings. The van der Waals surface area contributed by atoms with Crippen LogP contribution in [0.1, 0.15) is 149 Å². The highest BCUT2D eigenvalue weighted by Crippen LogP contribution is 2.55. The topological polar surface area (TPSA) is 174 Å². The lowest BCUT2D eigenvalue weighted by atomic mass is 9.99. The predicted octanol–water partition coefficient (Wildman–Crippen LogP) is 17.6. The number of imide groups is 1. The minimum absolute atomic E-state index is 0.210. The Labute approximate surface area is 574 Å². The number of benzene rings is 1. The van der Waals surface area contributed by atoms with Crippen LogP contribution < -0.4 is 18.9 Å². The van der Waals surface area contributed by atoms with E-state index >= 15 is 0 Å². The number of fused-ring (bicyclic) bond motifs is 2. The van der Waals surface area contributed by atoms with Crippen LogP contribution in [0, 0.1) is 19.8 Å². The van der Waals surface area contributed by atoms with E-state index in [2.05, 4.69) is 78.8 Å². The number of aryl methyl sites for hydroxylation is 2. The maximum absolute atomic E-state index is 14.6. The highest BCUT2D eigenvalue weighted by Gasteiger charge is 2.42. The standard InChI is InChI=1S/C70H97N3O14S6/c1-9-15-20-50(14-6)47-73-69(74)60-49(8)89-68(61(60)70(73)75)59-46-56(87-42-38-83-34-30-79-26-19-13-5)67(92-59)66-55(86-41-37-82-33-29-78-25-18-12-4)45-58(91-66)52-22-21-51(62-63(52)72-93-71-62)57-44-54(85-40-36-81-32-28-77-24-17-11-3)65(90-57)64-53(43-48(7)88-64)84-39-35-80-31-27-76-23-16-10-2/h21-22,43-46,50H,9-20,23-42,47H2,1-8H3. The number of carbonyl (C=O) groups excluding carboxylic acids is 2. The molecule has 93 heavy (non-hydrogen) atoms. The van der Waals surface area contributed by atoms with Gasteiger partial charge >= 0.3 is 0 Å². The molecule has 0 radical (unpaired) electrons. The van der Waals surface area contributed by atoms with Gasteiger partial charge in [-0.25, -0.2) is 0 Å². The van der Waals surface area contributed by atoms with Gasteiger partial charge in [0.25, 0.3) is 11.8 Å². The van der Waals surface area contributed by atoms with Crippen molar-refractivity contribution >= 4 is 91.3 Å². The summed E-state index contributed by atoms with van der Waals surface area (Å²) in [5.74, 6) is 2.55. The summed E-state index contributed by atoms with van der Waals surface area (Å²) in [5, 5.41) is 0. The number of unbranched alkanes of at least 4 members (excludes halogenated alkanes) is 5. The molecule has 23 heteroatoms. The molecule has 6 aromatic heterocycles.